The summed E-state index contributed by atoms with van der Waals surface area (Å²) >= 11 is 2.10. The molecule has 0 radical (unpaired) electrons. The first-order chi connectivity index (χ1) is 9.76. The lowest BCUT2D eigenvalue weighted by Gasteiger charge is -2.46. The Morgan fingerprint density at radius 3 is 2.60 bits per heavy atom. The van der Waals surface area contributed by atoms with Crippen molar-refractivity contribution in [2.45, 2.75) is 77.4 Å². The molecular weight excluding hydrogens is 264 g/mol. The van der Waals surface area contributed by atoms with Crippen molar-refractivity contribution in [3.8, 4) is 0 Å². The van der Waals surface area contributed by atoms with E-state index in [1.165, 1.54) is 63.1 Å². The van der Waals surface area contributed by atoms with E-state index in [-0.39, 0.29) is 0 Å². The molecule has 1 aliphatic heterocycles. The molecular formula is C17H34N2S. The maximum absolute atomic E-state index is 3.88. The summed E-state index contributed by atoms with van der Waals surface area (Å²) in [7, 11) is 0. The van der Waals surface area contributed by atoms with Crippen molar-refractivity contribution >= 4 is 11.8 Å². The zero-order chi connectivity index (χ0) is 14.4. The van der Waals surface area contributed by atoms with Crippen molar-refractivity contribution in [2.24, 2.45) is 5.92 Å². The van der Waals surface area contributed by atoms with Gasteiger partial charge < -0.3 is 5.32 Å². The van der Waals surface area contributed by atoms with Gasteiger partial charge in [0, 0.05) is 37.0 Å². The third-order valence-corrected chi connectivity index (χ3v) is 6.44. The van der Waals surface area contributed by atoms with Crippen molar-refractivity contribution in [1.82, 2.24) is 10.2 Å². The van der Waals surface area contributed by atoms with Crippen molar-refractivity contribution in [1.29, 1.82) is 0 Å². The first kappa shape index (κ1) is 16.6. The molecule has 2 nitrogen and oxygen atoms in total. The molecule has 1 aliphatic carbocycles. The van der Waals surface area contributed by atoms with E-state index in [1.807, 2.05) is 0 Å². The Balaban J connectivity index is 1.91. The molecule has 0 aromatic heterocycles. The molecule has 2 rings (SSSR count). The lowest BCUT2D eigenvalue weighted by atomic mass is 9.82. The lowest BCUT2D eigenvalue weighted by Crippen LogP contribution is -2.61. The van der Waals surface area contributed by atoms with Crippen LogP contribution in [0.15, 0.2) is 0 Å². The third kappa shape index (κ3) is 4.38. The minimum atomic E-state index is 0.734. The molecule has 2 aliphatic rings. The van der Waals surface area contributed by atoms with Gasteiger partial charge in [0.2, 0.25) is 0 Å². The van der Waals surface area contributed by atoms with E-state index < -0.39 is 0 Å². The molecule has 0 amide bonds. The Hall–Kier alpha value is 0.270. The van der Waals surface area contributed by atoms with Gasteiger partial charge in [0.25, 0.3) is 0 Å². The highest BCUT2D eigenvalue weighted by Crippen LogP contribution is 2.29. The Morgan fingerprint density at radius 1 is 1.20 bits per heavy atom. The number of piperazine rings is 1. The number of thioether (sulfide) groups is 1. The third-order valence-electron chi connectivity index (χ3n) is 5.31. The van der Waals surface area contributed by atoms with E-state index in [2.05, 4.69) is 42.7 Å². The van der Waals surface area contributed by atoms with Crippen molar-refractivity contribution in [2.75, 3.05) is 24.6 Å². The number of rotatable bonds is 6. The highest BCUT2D eigenvalue weighted by atomic mass is 32.2. The van der Waals surface area contributed by atoms with Crippen molar-refractivity contribution in [3.63, 3.8) is 0 Å². The van der Waals surface area contributed by atoms with Crippen LogP contribution in [0.3, 0.4) is 0 Å². The van der Waals surface area contributed by atoms with Gasteiger partial charge in [-0.15, -0.1) is 0 Å². The molecule has 1 N–H and O–H groups in total. The van der Waals surface area contributed by atoms with Crippen LogP contribution in [-0.2, 0) is 0 Å². The molecule has 2 fully saturated rings. The summed E-state index contributed by atoms with van der Waals surface area (Å²) in [5, 5.41) is 3.88. The second-order valence-electron chi connectivity index (χ2n) is 6.68. The van der Waals surface area contributed by atoms with Crippen LogP contribution in [0, 0.1) is 5.92 Å². The summed E-state index contributed by atoms with van der Waals surface area (Å²) in [4.78, 5) is 2.82. The second kappa shape index (κ2) is 8.65. The van der Waals surface area contributed by atoms with E-state index >= 15 is 0 Å². The highest BCUT2D eigenvalue weighted by Gasteiger charge is 2.33. The van der Waals surface area contributed by atoms with Crippen LogP contribution in [0.1, 0.15) is 59.3 Å². The maximum Gasteiger partial charge on any atom is 0.0224 e. The summed E-state index contributed by atoms with van der Waals surface area (Å²) < 4.78 is 0. The Labute approximate surface area is 130 Å². The second-order valence-corrected chi connectivity index (χ2v) is 8.00. The molecule has 118 valence electrons. The summed E-state index contributed by atoms with van der Waals surface area (Å²) in [6.07, 6.45) is 8.59. The fourth-order valence-electron chi connectivity index (χ4n) is 4.00. The molecule has 1 heterocycles. The lowest BCUT2D eigenvalue weighted by molar-refractivity contribution is 0.0697. The molecule has 3 heteroatoms. The molecule has 0 spiro atoms. The van der Waals surface area contributed by atoms with Gasteiger partial charge in [-0.05, 0) is 37.9 Å². The SMILES string of the molecule is CCSCC(C)N1CC(C2CCCCC2)NCC1CC. The summed E-state index contributed by atoms with van der Waals surface area (Å²) in [5.41, 5.74) is 0. The molecule has 3 unspecified atom stereocenters. The average molecular weight is 299 g/mol. The smallest absolute Gasteiger partial charge is 0.0224 e. The van der Waals surface area contributed by atoms with Gasteiger partial charge in [-0.3, -0.25) is 4.90 Å². The van der Waals surface area contributed by atoms with Gasteiger partial charge in [0.05, 0.1) is 0 Å². The topological polar surface area (TPSA) is 15.3 Å². The molecule has 0 bridgehead atoms. The number of hydrogen-bond donors (Lipinski definition) is 1. The van der Waals surface area contributed by atoms with Gasteiger partial charge in [-0.2, -0.15) is 11.8 Å². The Bertz CT molecular complexity index is 266. The molecule has 1 saturated heterocycles. The first-order valence-electron chi connectivity index (χ1n) is 8.83. The average Bonchev–Trinajstić information content (AvgIpc) is 2.52. The minimum absolute atomic E-state index is 0.734. The van der Waals surface area contributed by atoms with Gasteiger partial charge in [-0.25, -0.2) is 0 Å². The van der Waals surface area contributed by atoms with E-state index in [1.54, 1.807) is 0 Å². The van der Waals surface area contributed by atoms with Crippen LogP contribution in [0.5, 0.6) is 0 Å². The fourth-order valence-corrected chi connectivity index (χ4v) is 4.77. The zero-order valence-corrected chi connectivity index (χ0v) is 14.6. The van der Waals surface area contributed by atoms with Crippen molar-refractivity contribution in [3.05, 3.63) is 0 Å². The normalized spacial score (nSPS) is 31.4. The van der Waals surface area contributed by atoms with Crippen LogP contribution in [0.4, 0.5) is 0 Å². The minimum Gasteiger partial charge on any atom is -0.311 e. The summed E-state index contributed by atoms with van der Waals surface area (Å²) in [6.45, 7) is 9.55. The monoisotopic (exact) mass is 298 g/mol. The molecule has 0 aromatic carbocycles. The number of nitrogens with one attached hydrogen (secondary N) is 1. The van der Waals surface area contributed by atoms with E-state index in [9.17, 15) is 0 Å². The van der Waals surface area contributed by atoms with E-state index in [4.69, 9.17) is 0 Å². The summed E-state index contributed by atoms with van der Waals surface area (Å²) in [6, 6.07) is 2.24. The van der Waals surface area contributed by atoms with Crippen LogP contribution >= 0.6 is 11.8 Å². The van der Waals surface area contributed by atoms with Gasteiger partial charge in [-0.1, -0.05) is 33.1 Å². The van der Waals surface area contributed by atoms with Crippen LogP contribution < -0.4 is 5.32 Å². The number of nitrogens with zero attached hydrogens (tertiary/aromatic N) is 1. The molecule has 3 atom stereocenters. The van der Waals surface area contributed by atoms with Crippen LogP contribution in [-0.4, -0.2) is 47.6 Å². The van der Waals surface area contributed by atoms with E-state index in [0.717, 1.165) is 24.0 Å². The molecule has 1 saturated carbocycles. The standard InChI is InChI=1S/C17H34N2S/c1-4-16-11-18-17(15-9-7-6-8-10-15)12-19(16)14(3)13-20-5-2/h14-18H,4-13H2,1-3H3. The molecule has 20 heavy (non-hydrogen) atoms. The summed E-state index contributed by atoms with van der Waals surface area (Å²) in [5.74, 6) is 3.49. The largest absolute Gasteiger partial charge is 0.311 e. The fraction of sp³-hybridized carbons (Fsp3) is 1.00. The quantitative estimate of drug-likeness (QED) is 0.804. The molecule has 0 aromatic rings. The van der Waals surface area contributed by atoms with Gasteiger partial charge in [0.15, 0.2) is 0 Å². The van der Waals surface area contributed by atoms with Crippen LogP contribution in [0.2, 0.25) is 0 Å². The van der Waals surface area contributed by atoms with Gasteiger partial charge in [0.1, 0.15) is 0 Å². The Morgan fingerprint density at radius 2 is 1.95 bits per heavy atom. The van der Waals surface area contributed by atoms with E-state index in [0.29, 0.717) is 0 Å². The first-order valence-corrected chi connectivity index (χ1v) is 9.98. The van der Waals surface area contributed by atoms with Crippen LogP contribution in [0.25, 0.3) is 0 Å². The Kier molecular flexibility index (Phi) is 7.20. The predicted octanol–water partition coefficient (Wildman–Crippen LogP) is 3.76. The van der Waals surface area contributed by atoms with Crippen molar-refractivity contribution < 1.29 is 0 Å². The zero-order valence-electron chi connectivity index (χ0n) is 13.7. The maximum atomic E-state index is 3.88. The van der Waals surface area contributed by atoms with Gasteiger partial charge >= 0.3 is 0 Å². The highest BCUT2D eigenvalue weighted by molar-refractivity contribution is 7.99. The number of hydrogen-bond acceptors (Lipinski definition) is 3. The predicted molar refractivity (Wildman–Crippen MR) is 91.6 cm³/mol.